The van der Waals surface area contributed by atoms with Crippen LogP contribution < -0.4 is 0 Å². The highest BCUT2D eigenvalue weighted by Gasteiger charge is 2.23. The summed E-state index contributed by atoms with van der Waals surface area (Å²) < 4.78 is 50.5. The van der Waals surface area contributed by atoms with Crippen molar-refractivity contribution >= 4 is 75.1 Å². The molecule has 5 nitrogen and oxygen atoms in total. The van der Waals surface area contributed by atoms with Crippen molar-refractivity contribution in [2.45, 2.75) is 0 Å². The van der Waals surface area contributed by atoms with Crippen molar-refractivity contribution in [3.8, 4) is 67.8 Å². The van der Waals surface area contributed by atoms with Crippen LogP contribution in [0.4, 0.5) is 0 Å². The number of para-hydroxylation sites is 3. The van der Waals surface area contributed by atoms with E-state index in [1.54, 1.807) is 11.3 Å². The number of aromatic nitrogens is 5. The lowest BCUT2D eigenvalue weighted by Gasteiger charge is -2.13. The molecule has 0 fully saturated rings. The molecule has 322 valence electrons. The Morgan fingerprint density at radius 3 is 1.54 bits per heavy atom. The maximum atomic E-state index is 9.07. The van der Waals surface area contributed by atoms with Crippen LogP contribution in [0.5, 0.6) is 0 Å². The van der Waals surface area contributed by atoms with E-state index >= 15 is 0 Å². The van der Waals surface area contributed by atoms with Gasteiger partial charge in [0, 0.05) is 69.8 Å². The SMILES string of the molecule is [2H]c1c([2H])c([2H])c(-c2nc(-c3ccccc3)nc(-c3cc(-n4c5ccccc5c5cc6c(cc54)c4ccccc4n6-c4ccccc4)cc4c3sc3c(-c5cccc(-c6ccccc6)c5)cccc34)n2)c([2H])c1[2H]. The predicted octanol–water partition coefficient (Wildman–Crippen LogP) is 16.8. The number of nitrogens with zero attached hydrogens (tertiary/aromatic N) is 5. The smallest absolute Gasteiger partial charge is 0.165 e. The molecule has 0 radical (unpaired) electrons. The lowest BCUT2D eigenvalue weighted by Crippen LogP contribution is -2.01. The van der Waals surface area contributed by atoms with Crippen molar-refractivity contribution in [1.82, 2.24) is 24.1 Å². The van der Waals surface area contributed by atoms with E-state index in [0.717, 1.165) is 97.4 Å². The van der Waals surface area contributed by atoms with Crippen LogP contribution in [0.25, 0.3) is 132 Å². The molecule has 14 rings (SSSR count). The Labute approximate surface area is 408 Å². The quantitative estimate of drug-likeness (QED) is 0.160. The van der Waals surface area contributed by atoms with Crippen molar-refractivity contribution in [3.63, 3.8) is 0 Å². The van der Waals surface area contributed by atoms with E-state index in [2.05, 4.69) is 173 Å². The molecule has 0 atom stereocenters. The molecule has 0 aliphatic heterocycles. The Morgan fingerprint density at radius 1 is 0.319 bits per heavy atom. The molecule has 0 unspecified atom stereocenters. The summed E-state index contributed by atoms with van der Waals surface area (Å²) in [5.41, 5.74) is 12.0. The third-order valence-electron chi connectivity index (χ3n) is 13.2. The first-order valence-electron chi connectivity index (χ1n) is 25.4. The summed E-state index contributed by atoms with van der Waals surface area (Å²) in [5.74, 6) is 0.600. The molecule has 69 heavy (non-hydrogen) atoms. The molecule has 4 aromatic heterocycles. The minimum atomic E-state index is -0.487. The van der Waals surface area contributed by atoms with Crippen LogP contribution in [0.15, 0.2) is 236 Å². The highest BCUT2D eigenvalue weighted by molar-refractivity contribution is 7.26. The number of hydrogen-bond acceptors (Lipinski definition) is 4. The zero-order valence-electron chi connectivity index (χ0n) is 41.8. The van der Waals surface area contributed by atoms with Gasteiger partial charge in [-0.25, -0.2) is 15.0 Å². The van der Waals surface area contributed by atoms with Gasteiger partial charge in [0.25, 0.3) is 0 Å². The van der Waals surface area contributed by atoms with Crippen LogP contribution in [0.3, 0.4) is 0 Å². The van der Waals surface area contributed by atoms with Crippen LogP contribution in [-0.2, 0) is 0 Å². The normalized spacial score (nSPS) is 12.8. The molecule has 10 aromatic carbocycles. The van der Waals surface area contributed by atoms with Gasteiger partial charge < -0.3 is 9.13 Å². The molecule has 0 amide bonds. The summed E-state index contributed by atoms with van der Waals surface area (Å²) in [5, 5.41) is 6.53. The van der Waals surface area contributed by atoms with Gasteiger partial charge in [0.2, 0.25) is 0 Å². The molecule has 0 saturated carbocycles. The van der Waals surface area contributed by atoms with E-state index in [0.29, 0.717) is 22.8 Å². The first kappa shape index (κ1) is 34.4. The summed E-state index contributed by atoms with van der Waals surface area (Å²) in [6, 6.07) is 69.6. The molecular formula is C63H39N5S. The molecule has 14 aromatic rings. The molecule has 0 aliphatic rings. The monoisotopic (exact) mass is 902 g/mol. The minimum Gasteiger partial charge on any atom is -0.309 e. The van der Waals surface area contributed by atoms with Gasteiger partial charge in [-0.15, -0.1) is 11.3 Å². The zero-order chi connectivity index (χ0) is 49.8. The molecule has 0 spiro atoms. The standard InChI is InChI=1S/C63H39N5S/c1-5-19-40(20-6-1)43-25-17-26-44(35-43)47-31-18-32-50-53-36-46(37-54(60(53)69-59(47)50)63-65-61(41-21-7-2-8-22-41)64-62(66-63)42-23-9-3-10-24-42)68-56-34-16-14-30-49(56)52-38-57-51(39-58(52)68)48-29-13-15-33-55(48)67(57)45-27-11-4-12-28-45/h1-39H/i2D,7D,8D,21D,22D. The van der Waals surface area contributed by atoms with Gasteiger partial charge in [-0.1, -0.05) is 182 Å². The second-order valence-electron chi connectivity index (χ2n) is 17.2. The van der Waals surface area contributed by atoms with E-state index < -0.39 is 18.1 Å². The highest BCUT2D eigenvalue weighted by atomic mass is 32.1. The van der Waals surface area contributed by atoms with Crippen LogP contribution in [0, 0.1) is 0 Å². The van der Waals surface area contributed by atoms with Crippen LogP contribution in [0.1, 0.15) is 6.85 Å². The summed E-state index contributed by atoms with van der Waals surface area (Å²) in [6.07, 6.45) is 0. The second-order valence-corrected chi connectivity index (χ2v) is 18.2. The van der Waals surface area contributed by atoms with Crippen molar-refractivity contribution < 1.29 is 6.85 Å². The fourth-order valence-electron chi connectivity index (χ4n) is 10.2. The Balaban J connectivity index is 1.09. The molecule has 6 heteroatoms. The van der Waals surface area contributed by atoms with Gasteiger partial charge in [-0.2, -0.15) is 0 Å². The zero-order valence-corrected chi connectivity index (χ0v) is 37.6. The maximum Gasteiger partial charge on any atom is 0.165 e. The van der Waals surface area contributed by atoms with Gasteiger partial charge >= 0.3 is 0 Å². The largest absolute Gasteiger partial charge is 0.309 e. The van der Waals surface area contributed by atoms with Crippen molar-refractivity contribution in [1.29, 1.82) is 0 Å². The average molecular weight is 903 g/mol. The second kappa shape index (κ2) is 15.8. The predicted molar refractivity (Wildman–Crippen MR) is 289 cm³/mol. The van der Waals surface area contributed by atoms with Gasteiger partial charge in [0.05, 0.1) is 28.9 Å². The van der Waals surface area contributed by atoms with Crippen LogP contribution in [0.2, 0.25) is 0 Å². The first-order chi connectivity index (χ1) is 36.3. The van der Waals surface area contributed by atoms with Crippen molar-refractivity contribution in [3.05, 3.63) is 236 Å². The Bertz CT molecular complexity index is 4580. The average Bonchev–Trinajstić information content (AvgIpc) is 4.11. The third kappa shape index (κ3) is 6.41. The fraction of sp³-hybridized carbons (Fsp3) is 0. The van der Waals surface area contributed by atoms with E-state index in [9.17, 15) is 0 Å². The molecule has 0 aliphatic carbocycles. The van der Waals surface area contributed by atoms with Gasteiger partial charge in [0.15, 0.2) is 17.5 Å². The fourth-order valence-corrected chi connectivity index (χ4v) is 11.5. The molecular weight excluding hydrogens is 859 g/mol. The highest BCUT2D eigenvalue weighted by Crippen LogP contribution is 2.47. The molecule has 4 heterocycles. The Hall–Kier alpha value is -8.97. The summed E-state index contributed by atoms with van der Waals surface area (Å²) in [6.45, 7) is 0. The minimum absolute atomic E-state index is 0.0157. The Kier molecular flexibility index (Phi) is 7.89. The molecule has 0 N–H and O–H groups in total. The third-order valence-corrected chi connectivity index (χ3v) is 14.5. The van der Waals surface area contributed by atoms with Crippen molar-refractivity contribution in [2.75, 3.05) is 0 Å². The molecule has 0 bridgehead atoms. The van der Waals surface area contributed by atoms with Gasteiger partial charge in [-0.3, -0.25) is 0 Å². The number of benzene rings is 10. The van der Waals surface area contributed by atoms with Crippen LogP contribution >= 0.6 is 11.3 Å². The maximum absolute atomic E-state index is 9.07. The lowest BCUT2D eigenvalue weighted by atomic mass is 9.97. The van der Waals surface area contributed by atoms with Crippen molar-refractivity contribution in [2.24, 2.45) is 0 Å². The van der Waals surface area contributed by atoms with Crippen LogP contribution in [-0.4, -0.2) is 24.1 Å². The van der Waals surface area contributed by atoms with E-state index in [-0.39, 0.29) is 23.5 Å². The number of rotatable bonds is 7. The summed E-state index contributed by atoms with van der Waals surface area (Å²) in [7, 11) is 0. The summed E-state index contributed by atoms with van der Waals surface area (Å²) in [4.78, 5) is 15.3. The van der Waals surface area contributed by atoms with E-state index in [4.69, 9.17) is 21.8 Å². The first-order valence-corrected chi connectivity index (χ1v) is 23.7. The van der Waals surface area contributed by atoms with E-state index in [1.807, 2.05) is 42.5 Å². The summed E-state index contributed by atoms with van der Waals surface area (Å²) >= 11 is 1.67. The van der Waals surface area contributed by atoms with Gasteiger partial charge in [-0.05, 0) is 76.9 Å². The Morgan fingerprint density at radius 2 is 0.841 bits per heavy atom. The van der Waals surface area contributed by atoms with Gasteiger partial charge in [0.1, 0.15) is 0 Å². The number of thiophene rings is 1. The number of hydrogen-bond donors (Lipinski definition) is 0. The van der Waals surface area contributed by atoms with E-state index in [1.165, 1.54) is 0 Å². The number of fused-ring (bicyclic) bond motifs is 9. The lowest BCUT2D eigenvalue weighted by molar-refractivity contribution is 1.07. The molecule has 0 saturated heterocycles. The topological polar surface area (TPSA) is 48.5 Å².